The summed E-state index contributed by atoms with van der Waals surface area (Å²) < 4.78 is 21.3. The normalized spacial score (nSPS) is 38.8. The van der Waals surface area contributed by atoms with Crippen molar-refractivity contribution in [2.75, 3.05) is 7.11 Å². The van der Waals surface area contributed by atoms with Gasteiger partial charge in [-0.2, -0.15) is 0 Å². The number of rotatable bonds is 4. The van der Waals surface area contributed by atoms with Gasteiger partial charge < -0.3 is 18.9 Å². The number of ether oxygens (including phenoxy) is 4. The van der Waals surface area contributed by atoms with E-state index < -0.39 is 47.2 Å². The molecule has 2 bridgehead atoms. The van der Waals surface area contributed by atoms with Crippen molar-refractivity contribution in [2.45, 2.75) is 58.0 Å². The Kier molecular flexibility index (Phi) is 3.25. The smallest absolute Gasteiger partial charge is 0.326 e. The molecule has 0 amide bonds. The highest BCUT2D eigenvalue weighted by Gasteiger charge is 2.77. The fourth-order valence-electron chi connectivity index (χ4n) is 3.31. The summed E-state index contributed by atoms with van der Waals surface area (Å²) in [4.78, 5) is 36.4. The van der Waals surface area contributed by atoms with Crippen LogP contribution in [0.25, 0.3) is 0 Å². The molecule has 5 unspecified atom stereocenters. The molecule has 0 aromatic heterocycles. The van der Waals surface area contributed by atoms with Gasteiger partial charge in [-0.3, -0.25) is 14.4 Å². The van der Waals surface area contributed by atoms with Crippen LogP contribution in [0.4, 0.5) is 0 Å². The van der Waals surface area contributed by atoms with Gasteiger partial charge in [0, 0.05) is 6.42 Å². The number of hydrogen-bond acceptors (Lipinski definition) is 7. The van der Waals surface area contributed by atoms with Gasteiger partial charge in [0.05, 0.1) is 12.5 Å². The first-order valence-corrected chi connectivity index (χ1v) is 7.44. The predicted molar refractivity (Wildman–Crippen MR) is 71.6 cm³/mol. The van der Waals surface area contributed by atoms with E-state index in [0.29, 0.717) is 6.42 Å². The van der Waals surface area contributed by atoms with Crippen molar-refractivity contribution >= 4 is 17.9 Å². The molecule has 7 heteroatoms. The minimum Gasteiger partial charge on any atom is -0.468 e. The summed E-state index contributed by atoms with van der Waals surface area (Å²) in [6, 6.07) is 0. The molecule has 0 saturated carbocycles. The van der Waals surface area contributed by atoms with Crippen molar-refractivity contribution in [1.82, 2.24) is 0 Å². The molecule has 0 aliphatic carbocycles. The van der Waals surface area contributed by atoms with Gasteiger partial charge >= 0.3 is 17.9 Å². The molecule has 3 saturated heterocycles. The second kappa shape index (κ2) is 4.68. The quantitative estimate of drug-likeness (QED) is 0.426. The molecule has 0 aromatic carbocycles. The molecule has 0 N–H and O–H groups in total. The van der Waals surface area contributed by atoms with E-state index in [1.807, 2.05) is 6.92 Å². The van der Waals surface area contributed by atoms with Gasteiger partial charge in [-0.25, -0.2) is 0 Å². The molecule has 22 heavy (non-hydrogen) atoms. The summed E-state index contributed by atoms with van der Waals surface area (Å²) in [5.74, 6) is -1.65. The zero-order valence-electron chi connectivity index (χ0n) is 13.1. The SMILES string of the molecule is CCC(C)(C)C(=O)OC1C2CC3(C(=O)OC)C(=O)OC1C3O2. The van der Waals surface area contributed by atoms with Gasteiger partial charge in [0.1, 0.15) is 12.2 Å². The number of hydrogen-bond donors (Lipinski definition) is 0. The van der Waals surface area contributed by atoms with Crippen LogP contribution in [0.3, 0.4) is 0 Å². The van der Waals surface area contributed by atoms with E-state index in [2.05, 4.69) is 0 Å². The Morgan fingerprint density at radius 2 is 2.09 bits per heavy atom. The van der Waals surface area contributed by atoms with Crippen LogP contribution in [0.2, 0.25) is 0 Å². The van der Waals surface area contributed by atoms with Crippen molar-refractivity contribution in [1.29, 1.82) is 0 Å². The Morgan fingerprint density at radius 1 is 1.41 bits per heavy atom. The predicted octanol–water partition coefficient (Wildman–Crippen LogP) is 0.590. The molecule has 7 nitrogen and oxygen atoms in total. The van der Waals surface area contributed by atoms with Gasteiger partial charge in [-0.15, -0.1) is 0 Å². The molecular formula is C15H20O7. The topological polar surface area (TPSA) is 88.1 Å². The maximum Gasteiger partial charge on any atom is 0.326 e. The molecule has 0 aromatic rings. The minimum absolute atomic E-state index is 0.129. The molecule has 122 valence electrons. The Bertz CT molecular complexity index is 540. The van der Waals surface area contributed by atoms with Crippen molar-refractivity contribution in [2.24, 2.45) is 10.8 Å². The van der Waals surface area contributed by atoms with Crippen molar-refractivity contribution < 1.29 is 33.3 Å². The van der Waals surface area contributed by atoms with Gasteiger partial charge in [-0.1, -0.05) is 6.92 Å². The maximum atomic E-state index is 12.2. The van der Waals surface area contributed by atoms with Gasteiger partial charge in [0.25, 0.3) is 0 Å². The Hall–Kier alpha value is -1.63. The van der Waals surface area contributed by atoms with E-state index in [4.69, 9.17) is 18.9 Å². The highest BCUT2D eigenvalue weighted by Crippen LogP contribution is 2.56. The van der Waals surface area contributed by atoms with Crippen LogP contribution >= 0.6 is 0 Å². The monoisotopic (exact) mass is 312 g/mol. The molecule has 0 radical (unpaired) electrons. The molecule has 3 heterocycles. The number of carbonyl (C=O) groups is 3. The van der Waals surface area contributed by atoms with Crippen LogP contribution in [0.15, 0.2) is 0 Å². The summed E-state index contributed by atoms with van der Waals surface area (Å²) in [5.41, 5.74) is -2.02. The minimum atomic E-state index is -1.40. The molecule has 3 aliphatic rings. The maximum absolute atomic E-state index is 12.2. The fourth-order valence-corrected chi connectivity index (χ4v) is 3.31. The molecule has 3 aliphatic heterocycles. The second-order valence-corrected chi connectivity index (χ2v) is 6.74. The van der Waals surface area contributed by atoms with E-state index in [-0.39, 0.29) is 12.4 Å². The first-order chi connectivity index (χ1) is 10.3. The summed E-state index contributed by atoms with van der Waals surface area (Å²) >= 11 is 0. The molecular weight excluding hydrogens is 292 g/mol. The number of esters is 3. The summed E-state index contributed by atoms with van der Waals surface area (Å²) in [6.45, 7) is 5.49. The van der Waals surface area contributed by atoms with E-state index >= 15 is 0 Å². The zero-order valence-corrected chi connectivity index (χ0v) is 13.1. The standard InChI is InChI=1S/C15H20O7/c1-5-14(2,3)11(16)21-8-7-6-15(12(17)19-4)10(20-7)9(8)22-13(15)18/h7-10H,5-6H2,1-4H3. The molecule has 3 fully saturated rings. The zero-order chi connectivity index (χ0) is 16.3. The first-order valence-electron chi connectivity index (χ1n) is 7.44. The van der Waals surface area contributed by atoms with Crippen LogP contribution in [-0.2, 0) is 33.3 Å². The molecule has 3 rings (SSSR count). The molecule has 5 atom stereocenters. The first kappa shape index (κ1) is 15.3. The van der Waals surface area contributed by atoms with Gasteiger partial charge in [0.2, 0.25) is 0 Å². The van der Waals surface area contributed by atoms with Crippen molar-refractivity contribution in [3.63, 3.8) is 0 Å². The van der Waals surface area contributed by atoms with Crippen LogP contribution in [-0.4, -0.2) is 49.4 Å². The van der Waals surface area contributed by atoms with Crippen LogP contribution in [0.1, 0.15) is 33.6 Å². The van der Waals surface area contributed by atoms with Crippen LogP contribution < -0.4 is 0 Å². The Balaban J connectivity index is 1.81. The third-order valence-corrected chi connectivity index (χ3v) is 5.16. The highest BCUT2D eigenvalue weighted by molar-refractivity contribution is 6.03. The fraction of sp³-hybridized carbons (Fsp3) is 0.800. The van der Waals surface area contributed by atoms with Crippen molar-refractivity contribution in [3.8, 4) is 0 Å². The lowest BCUT2D eigenvalue weighted by molar-refractivity contribution is -0.170. The number of methoxy groups -OCH3 is 1. The Labute approximate surface area is 128 Å². The van der Waals surface area contributed by atoms with Gasteiger partial charge in [0.15, 0.2) is 17.6 Å². The summed E-state index contributed by atoms with van der Waals surface area (Å²) in [5, 5.41) is 0. The average molecular weight is 312 g/mol. The molecule has 0 spiro atoms. The largest absolute Gasteiger partial charge is 0.468 e. The van der Waals surface area contributed by atoms with Crippen molar-refractivity contribution in [3.05, 3.63) is 0 Å². The third kappa shape index (κ3) is 1.74. The Morgan fingerprint density at radius 3 is 2.68 bits per heavy atom. The second-order valence-electron chi connectivity index (χ2n) is 6.74. The summed E-state index contributed by atoms with van der Waals surface area (Å²) in [7, 11) is 1.23. The van der Waals surface area contributed by atoms with Crippen LogP contribution in [0.5, 0.6) is 0 Å². The summed E-state index contributed by atoms with van der Waals surface area (Å²) in [6.07, 6.45) is -1.89. The van der Waals surface area contributed by atoms with E-state index in [1.165, 1.54) is 7.11 Å². The van der Waals surface area contributed by atoms with Crippen LogP contribution in [0, 0.1) is 10.8 Å². The van der Waals surface area contributed by atoms with E-state index in [0.717, 1.165) is 0 Å². The highest BCUT2D eigenvalue weighted by atomic mass is 16.7. The third-order valence-electron chi connectivity index (χ3n) is 5.16. The lowest BCUT2D eigenvalue weighted by atomic mass is 9.74. The lowest BCUT2D eigenvalue weighted by Crippen LogP contribution is -2.49. The number of carbonyl (C=O) groups excluding carboxylic acids is 3. The van der Waals surface area contributed by atoms with Gasteiger partial charge in [-0.05, 0) is 20.3 Å². The lowest BCUT2D eigenvalue weighted by Gasteiger charge is -2.29. The average Bonchev–Trinajstić information content (AvgIpc) is 3.08. The number of fused-ring (bicyclic) bond motifs is 1. The van der Waals surface area contributed by atoms with E-state index in [9.17, 15) is 14.4 Å². The van der Waals surface area contributed by atoms with E-state index in [1.54, 1.807) is 13.8 Å².